The average molecular weight is 310 g/mol. The van der Waals surface area contributed by atoms with Crippen molar-refractivity contribution in [3.63, 3.8) is 0 Å². The molecule has 2 aromatic rings. The zero-order chi connectivity index (χ0) is 16.8. The van der Waals surface area contributed by atoms with E-state index in [1.165, 1.54) is 6.92 Å². The van der Waals surface area contributed by atoms with E-state index in [4.69, 9.17) is 0 Å². The lowest BCUT2D eigenvalue weighted by Gasteiger charge is -2.15. The molecule has 0 unspecified atom stereocenters. The summed E-state index contributed by atoms with van der Waals surface area (Å²) < 4.78 is 0. The molecule has 0 heterocycles. The van der Waals surface area contributed by atoms with E-state index in [0.29, 0.717) is 6.42 Å². The first-order valence-corrected chi connectivity index (χ1v) is 7.72. The maximum Gasteiger partial charge on any atom is 0.228 e. The summed E-state index contributed by atoms with van der Waals surface area (Å²) in [6, 6.07) is 15.3. The average Bonchev–Trinajstić information content (AvgIpc) is 2.55. The zero-order valence-corrected chi connectivity index (χ0v) is 13.8. The first kappa shape index (κ1) is 16.7. The van der Waals surface area contributed by atoms with E-state index < -0.39 is 0 Å². The third-order valence-electron chi connectivity index (χ3n) is 3.83. The number of anilines is 2. The molecule has 4 heteroatoms. The van der Waals surface area contributed by atoms with Crippen LogP contribution in [0, 0.1) is 0 Å². The van der Waals surface area contributed by atoms with Gasteiger partial charge in [-0.25, -0.2) is 0 Å². The molecule has 0 saturated heterocycles. The van der Waals surface area contributed by atoms with Crippen LogP contribution in [-0.4, -0.2) is 18.9 Å². The highest BCUT2D eigenvalue weighted by Crippen LogP contribution is 2.17. The highest BCUT2D eigenvalue weighted by molar-refractivity contribution is 5.93. The van der Waals surface area contributed by atoms with Gasteiger partial charge in [-0.1, -0.05) is 37.3 Å². The molecule has 0 spiro atoms. The first-order valence-electron chi connectivity index (χ1n) is 7.72. The normalized spacial score (nSPS) is 10.2. The molecule has 23 heavy (non-hydrogen) atoms. The van der Waals surface area contributed by atoms with Gasteiger partial charge in [-0.05, 0) is 35.7 Å². The molecule has 0 fully saturated rings. The van der Waals surface area contributed by atoms with E-state index in [0.717, 1.165) is 28.9 Å². The quantitative estimate of drug-likeness (QED) is 0.920. The summed E-state index contributed by atoms with van der Waals surface area (Å²) in [5.41, 5.74) is 3.72. The maximum atomic E-state index is 12.2. The summed E-state index contributed by atoms with van der Waals surface area (Å²) >= 11 is 0. The van der Waals surface area contributed by atoms with Gasteiger partial charge in [0.15, 0.2) is 0 Å². The molecule has 0 bridgehead atoms. The molecule has 0 radical (unpaired) electrons. The molecule has 0 atom stereocenters. The van der Waals surface area contributed by atoms with Crippen LogP contribution in [0.1, 0.15) is 25.0 Å². The SMILES string of the molecule is CCc1ccccc1NC(=O)Cc1ccc(N(C)C(C)=O)cc1. The van der Waals surface area contributed by atoms with Crippen molar-refractivity contribution in [1.82, 2.24) is 0 Å². The number of carbonyl (C=O) groups is 2. The molecular formula is C19H22N2O2. The highest BCUT2D eigenvalue weighted by atomic mass is 16.2. The van der Waals surface area contributed by atoms with Gasteiger partial charge in [0.2, 0.25) is 11.8 Å². The fourth-order valence-electron chi connectivity index (χ4n) is 2.35. The Morgan fingerprint density at radius 1 is 1.04 bits per heavy atom. The zero-order valence-electron chi connectivity index (χ0n) is 13.8. The lowest BCUT2D eigenvalue weighted by molar-refractivity contribution is -0.116. The van der Waals surface area contributed by atoms with Crippen LogP contribution in [0.5, 0.6) is 0 Å². The van der Waals surface area contributed by atoms with Crippen molar-refractivity contribution >= 4 is 23.2 Å². The van der Waals surface area contributed by atoms with Crippen molar-refractivity contribution in [1.29, 1.82) is 0 Å². The number of amides is 2. The second kappa shape index (κ2) is 7.58. The predicted octanol–water partition coefficient (Wildman–Crippen LogP) is 3.41. The van der Waals surface area contributed by atoms with Gasteiger partial charge in [-0.15, -0.1) is 0 Å². The van der Waals surface area contributed by atoms with Gasteiger partial charge in [-0.2, -0.15) is 0 Å². The van der Waals surface area contributed by atoms with Crippen LogP contribution in [0.4, 0.5) is 11.4 Å². The number of nitrogens with zero attached hydrogens (tertiary/aromatic N) is 1. The molecule has 1 N–H and O–H groups in total. The molecule has 0 aromatic heterocycles. The Morgan fingerprint density at radius 3 is 2.30 bits per heavy atom. The largest absolute Gasteiger partial charge is 0.326 e. The Kier molecular flexibility index (Phi) is 5.52. The maximum absolute atomic E-state index is 12.2. The second-order valence-electron chi connectivity index (χ2n) is 5.48. The number of hydrogen-bond acceptors (Lipinski definition) is 2. The first-order chi connectivity index (χ1) is 11.0. The number of para-hydroxylation sites is 1. The van der Waals surface area contributed by atoms with Crippen LogP contribution in [0.3, 0.4) is 0 Å². The summed E-state index contributed by atoms with van der Waals surface area (Å²) in [4.78, 5) is 25.1. The number of aryl methyl sites for hydroxylation is 1. The van der Waals surface area contributed by atoms with E-state index in [2.05, 4.69) is 12.2 Å². The number of rotatable bonds is 5. The van der Waals surface area contributed by atoms with Crippen LogP contribution in [0.2, 0.25) is 0 Å². The molecule has 2 amide bonds. The number of carbonyl (C=O) groups excluding carboxylic acids is 2. The Labute approximate surface area is 137 Å². The summed E-state index contributed by atoms with van der Waals surface area (Å²) in [6.07, 6.45) is 1.19. The summed E-state index contributed by atoms with van der Waals surface area (Å²) in [7, 11) is 1.73. The Hall–Kier alpha value is -2.62. The molecule has 2 rings (SSSR count). The smallest absolute Gasteiger partial charge is 0.228 e. The molecule has 0 aliphatic rings. The summed E-state index contributed by atoms with van der Waals surface area (Å²) in [6.45, 7) is 3.59. The fourth-order valence-corrected chi connectivity index (χ4v) is 2.35. The van der Waals surface area contributed by atoms with Crippen LogP contribution < -0.4 is 10.2 Å². The minimum Gasteiger partial charge on any atom is -0.326 e. The summed E-state index contributed by atoms with van der Waals surface area (Å²) in [5, 5.41) is 2.96. The van der Waals surface area contributed by atoms with E-state index in [9.17, 15) is 9.59 Å². The van der Waals surface area contributed by atoms with Crippen LogP contribution >= 0.6 is 0 Å². The van der Waals surface area contributed by atoms with E-state index in [-0.39, 0.29) is 11.8 Å². The molecular weight excluding hydrogens is 288 g/mol. The topological polar surface area (TPSA) is 49.4 Å². The van der Waals surface area contributed by atoms with Gasteiger partial charge in [0.25, 0.3) is 0 Å². The second-order valence-corrected chi connectivity index (χ2v) is 5.48. The van der Waals surface area contributed by atoms with Gasteiger partial charge in [0, 0.05) is 25.3 Å². The van der Waals surface area contributed by atoms with E-state index >= 15 is 0 Å². The highest BCUT2D eigenvalue weighted by Gasteiger charge is 2.08. The van der Waals surface area contributed by atoms with Crippen molar-refractivity contribution in [2.45, 2.75) is 26.7 Å². The third kappa shape index (κ3) is 4.42. The Balaban J connectivity index is 2.02. The van der Waals surface area contributed by atoms with Crippen molar-refractivity contribution in [2.24, 2.45) is 0 Å². The standard InChI is InChI=1S/C19H22N2O2/c1-4-16-7-5-6-8-18(16)20-19(23)13-15-9-11-17(12-10-15)21(3)14(2)22/h5-12H,4,13H2,1-3H3,(H,20,23). The van der Waals surface area contributed by atoms with Crippen molar-refractivity contribution in [2.75, 3.05) is 17.3 Å². The van der Waals surface area contributed by atoms with Gasteiger partial charge < -0.3 is 10.2 Å². The van der Waals surface area contributed by atoms with Gasteiger partial charge in [0.05, 0.1) is 6.42 Å². The van der Waals surface area contributed by atoms with Crippen LogP contribution in [0.25, 0.3) is 0 Å². The number of hydrogen-bond donors (Lipinski definition) is 1. The summed E-state index contributed by atoms with van der Waals surface area (Å²) in [5.74, 6) is -0.0646. The van der Waals surface area contributed by atoms with Crippen LogP contribution in [0.15, 0.2) is 48.5 Å². The van der Waals surface area contributed by atoms with Crippen molar-refractivity contribution in [3.8, 4) is 0 Å². The van der Waals surface area contributed by atoms with Crippen LogP contribution in [-0.2, 0) is 22.4 Å². The minimum absolute atomic E-state index is 0.0216. The predicted molar refractivity (Wildman–Crippen MR) is 93.7 cm³/mol. The monoisotopic (exact) mass is 310 g/mol. The number of benzene rings is 2. The third-order valence-corrected chi connectivity index (χ3v) is 3.83. The molecule has 0 saturated carbocycles. The van der Waals surface area contributed by atoms with E-state index in [1.807, 2.05) is 48.5 Å². The minimum atomic E-state index is -0.0430. The molecule has 0 aliphatic heterocycles. The fraction of sp³-hybridized carbons (Fsp3) is 0.263. The van der Waals surface area contributed by atoms with Gasteiger partial charge in [-0.3, -0.25) is 9.59 Å². The van der Waals surface area contributed by atoms with Gasteiger partial charge >= 0.3 is 0 Å². The Bertz CT molecular complexity index is 693. The molecule has 120 valence electrons. The molecule has 2 aromatic carbocycles. The number of nitrogens with one attached hydrogen (secondary N) is 1. The van der Waals surface area contributed by atoms with Gasteiger partial charge in [0.1, 0.15) is 0 Å². The molecule has 4 nitrogen and oxygen atoms in total. The Morgan fingerprint density at radius 2 is 1.70 bits per heavy atom. The molecule has 0 aliphatic carbocycles. The lowest BCUT2D eigenvalue weighted by atomic mass is 10.1. The van der Waals surface area contributed by atoms with E-state index in [1.54, 1.807) is 11.9 Å². The van der Waals surface area contributed by atoms with Crippen molar-refractivity contribution < 1.29 is 9.59 Å². The lowest BCUT2D eigenvalue weighted by Crippen LogP contribution is -2.22. The van der Waals surface area contributed by atoms with Crippen molar-refractivity contribution in [3.05, 3.63) is 59.7 Å².